The second kappa shape index (κ2) is 6.77. The Bertz CT molecular complexity index is 628. The lowest BCUT2D eigenvalue weighted by molar-refractivity contribution is 0.0302. The van der Waals surface area contributed by atoms with Crippen LogP contribution in [0.3, 0.4) is 0 Å². The molecule has 0 aliphatic carbocycles. The van der Waals surface area contributed by atoms with Gasteiger partial charge in [-0.2, -0.15) is 0 Å². The Labute approximate surface area is 134 Å². The highest BCUT2D eigenvalue weighted by Crippen LogP contribution is 2.25. The fourth-order valence-corrected chi connectivity index (χ4v) is 2.48. The van der Waals surface area contributed by atoms with E-state index in [4.69, 9.17) is 16.5 Å². The molecule has 114 valence electrons. The van der Waals surface area contributed by atoms with E-state index in [-0.39, 0.29) is 5.91 Å². The third-order valence-electron chi connectivity index (χ3n) is 3.48. The van der Waals surface area contributed by atoms with Gasteiger partial charge >= 0.3 is 0 Å². The van der Waals surface area contributed by atoms with Gasteiger partial charge in [-0.3, -0.25) is 4.79 Å². The average molecular weight is 318 g/mol. The topological polar surface area (TPSA) is 45.7 Å². The Balaban J connectivity index is 1.73. The largest absolute Gasteiger partial charge is 0.378 e. The summed E-state index contributed by atoms with van der Waals surface area (Å²) in [6, 6.07) is 13.0. The predicted molar refractivity (Wildman–Crippen MR) is 85.4 cm³/mol. The first-order valence-electron chi connectivity index (χ1n) is 7.10. The van der Waals surface area contributed by atoms with Gasteiger partial charge in [0.1, 0.15) is 5.82 Å². The van der Waals surface area contributed by atoms with Crippen molar-refractivity contribution < 1.29 is 9.53 Å². The van der Waals surface area contributed by atoms with E-state index in [1.165, 1.54) is 4.42 Å². The molecule has 0 bridgehead atoms. The number of hydrogen-bond acceptors (Lipinski definition) is 4. The van der Waals surface area contributed by atoms with Crippen molar-refractivity contribution >= 4 is 29.2 Å². The van der Waals surface area contributed by atoms with Crippen molar-refractivity contribution in [3.8, 4) is 0 Å². The number of carbonyl (C=O) groups is 1. The molecule has 3 rings (SSSR count). The zero-order valence-corrected chi connectivity index (χ0v) is 12.7. The monoisotopic (exact) mass is 317 g/mol. The molecular weight excluding hydrogens is 302 g/mol. The van der Waals surface area contributed by atoms with Crippen LogP contribution in [0.25, 0.3) is 0 Å². The number of anilines is 2. The van der Waals surface area contributed by atoms with E-state index in [1.807, 2.05) is 30.3 Å². The Morgan fingerprint density at radius 3 is 2.50 bits per heavy atom. The molecule has 0 atom stereocenters. The van der Waals surface area contributed by atoms with Gasteiger partial charge in [0.25, 0.3) is 5.91 Å². The highest BCUT2D eigenvalue weighted by molar-refractivity contribution is 6.29. The fraction of sp³-hybridized carbons (Fsp3) is 0.250. The summed E-state index contributed by atoms with van der Waals surface area (Å²) in [7, 11) is 0. The minimum absolute atomic E-state index is 0.0248. The van der Waals surface area contributed by atoms with E-state index in [0.29, 0.717) is 37.7 Å². The van der Waals surface area contributed by atoms with Gasteiger partial charge in [-0.15, -0.1) is 0 Å². The van der Waals surface area contributed by atoms with Gasteiger partial charge in [0.05, 0.1) is 24.5 Å². The first-order chi connectivity index (χ1) is 10.8. The molecule has 0 saturated carbocycles. The lowest BCUT2D eigenvalue weighted by Gasteiger charge is -2.26. The van der Waals surface area contributed by atoms with Crippen LogP contribution in [0.15, 0.2) is 48.7 Å². The molecule has 1 aliphatic rings. The van der Waals surface area contributed by atoms with Gasteiger partial charge in [0.2, 0.25) is 0 Å². The molecule has 1 aromatic carbocycles. The number of para-hydroxylation sites is 1. The van der Waals surface area contributed by atoms with Gasteiger partial charge in [-0.05, 0) is 24.3 Å². The van der Waals surface area contributed by atoms with Crippen molar-refractivity contribution in [3.05, 3.63) is 54.2 Å². The molecular formula is C16H16ClN3O2. The summed E-state index contributed by atoms with van der Waals surface area (Å²) in [5, 5.41) is 0. The van der Waals surface area contributed by atoms with E-state index < -0.39 is 0 Å². The smallest absolute Gasteiger partial charge is 0.255 e. The normalized spacial score (nSPS) is 14.7. The summed E-state index contributed by atoms with van der Waals surface area (Å²) in [4.78, 5) is 18.4. The van der Waals surface area contributed by atoms with Crippen LogP contribution >= 0.6 is 11.8 Å². The zero-order valence-electron chi connectivity index (χ0n) is 12.0. The number of pyridine rings is 1. The molecule has 0 N–H and O–H groups in total. The third kappa shape index (κ3) is 3.21. The maximum absolute atomic E-state index is 12.3. The number of carbonyl (C=O) groups excluding carboxylic acids is 1. The van der Waals surface area contributed by atoms with Crippen LogP contribution in [-0.2, 0) is 4.74 Å². The number of ether oxygens (including phenoxy) is 1. The van der Waals surface area contributed by atoms with Crippen molar-refractivity contribution in [2.24, 2.45) is 0 Å². The second-order valence-corrected chi connectivity index (χ2v) is 5.26. The SMILES string of the molecule is O=C(c1ccc(N(Cl)c2ccccc2)nc1)N1CCOCC1. The third-order valence-corrected chi connectivity index (χ3v) is 3.85. The van der Waals surface area contributed by atoms with Crippen LogP contribution in [0.1, 0.15) is 10.4 Å². The van der Waals surface area contributed by atoms with E-state index in [2.05, 4.69) is 4.98 Å². The minimum Gasteiger partial charge on any atom is -0.378 e. The van der Waals surface area contributed by atoms with Crippen molar-refractivity contribution in [2.75, 3.05) is 30.7 Å². The Hall–Kier alpha value is -2.11. The molecule has 1 aliphatic heterocycles. The molecule has 1 fully saturated rings. The molecule has 0 radical (unpaired) electrons. The average Bonchev–Trinajstić information content (AvgIpc) is 2.62. The van der Waals surface area contributed by atoms with Gasteiger partial charge in [-0.25, -0.2) is 9.40 Å². The summed E-state index contributed by atoms with van der Waals surface area (Å²) >= 11 is 6.27. The summed E-state index contributed by atoms with van der Waals surface area (Å²) in [6.45, 7) is 2.40. The number of morpholine rings is 1. The molecule has 22 heavy (non-hydrogen) atoms. The number of nitrogens with zero attached hydrogens (tertiary/aromatic N) is 3. The molecule has 1 saturated heterocycles. The first kappa shape index (κ1) is 14.8. The Morgan fingerprint density at radius 1 is 1.14 bits per heavy atom. The number of benzene rings is 1. The van der Waals surface area contributed by atoms with Crippen LogP contribution in [0.4, 0.5) is 11.5 Å². The molecule has 2 aromatic rings. The fourth-order valence-electron chi connectivity index (χ4n) is 2.27. The summed E-state index contributed by atoms with van der Waals surface area (Å²) < 4.78 is 6.71. The number of rotatable bonds is 3. The van der Waals surface area contributed by atoms with E-state index >= 15 is 0 Å². The second-order valence-electron chi connectivity index (χ2n) is 4.93. The van der Waals surface area contributed by atoms with Crippen LogP contribution in [0, 0.1) is 0 Å². The number of aromatic nitrogens is 1. The quantitative estimate of drug-likeness (QED) is 0.817. The molecule has 0 unspecified atom stereocenters. The summed E-state index contributed by atoms with van der Waals surface area (Å²) in [5.41, 5.74) is 1.38. The van der Waals surface area contributed by atoms with Crippen molar-refractivity contribution in [3.63, 3.8) is 0 Å². The van der Waals surface area contributed by atoms with Crippen LogP contribution in [-0.4, -0.2) is 42.1 Å². The van der Waals surface area contributed by atoms with Gasteiger partial charge in [-0.1, -0.05) is 18.2 Å². The molecule has 6 heteroatoms. The Kier molecular flexibility index (Phi) is 4.56. The van der Waals surface area contributed by atoms with Crippen molar-refractivity contribution in [1.29, 1.82) is 0 Å². The maximum atomic E-state index is 12.3. The van der Waals surface area contributed by atoms with E-state index in [0.717, 1.165) is 5.69 Å². The highest BCUT2D eigenvalue weighted by atomic mass is 35.5. The lowest BCUT2D eigenvalue weighted by atomic mass is 10.2. The number of halogens is 1. The zero-order chi connectivity index (χ0) is 15.4. The molecule has 5 nitrogen and oxygen atoms in total. The van der Waals surface area contributed by atoms with E-state index in [1.54, 1.807) is 23.2 Å². The molecule has 1 aromatic heterocycles. The lowest BCUT2D eigenvalue weighted by Crippen LogP contribution is -2.40. The standard InChI is InChI=1S/C16H16ClN3O2/c17-20(14-4-2-1-3-5-14)15-7-6-13(12-18-15)16(21)19-8-10-22-11-9-19/h1-7,12H,8-11H2. The van der Waals surface area contributed by atoms with Crippen LogP contribution in [0.5, 0.6) is 0 Å². The molecule has 1 amide bonds. The summed E-state index contributed by atoms with van der Waals surface area (Å²) in [6.07, 6.45) is 1.56. The first-order valence-corrected chi connectivity index (χ1v) is 7.43. The predicted octanol–water partition coefficient (Wildman–Crippen LogP) is 2.85. The van der Waals surface area contributed by atoms with E-state index in [9.17, 15) is 4.79 Å². The van der Waals surface area contributed by atoms with Gasteiger partial charge < -0.3 is 9.64 Å². The van der Waals surface area contributed by atoms with Gasteiger partial charge in [0.15, 0.2) is 0 Å². The van der Waals surface area contributed by atoms with Crippen LogP contribution in [0.2, 0.25) is 0 Å². The van der Waals surface area contributed by atoms with Crippen molar-refractivity contribution in [2.45, 2.75) is 0 Å². The number of hydrogen-bond donors (Lipinski definition) is 0. The molecule has 2 heterocycles. The van der Waals surface area contributed by atoms with Crippen LogP contribution < -0.4 is 4.42 Å². The van der Waals surface area contributed by atoms with Crippen molar-refractivity contribution in [1.82, 2.24) is 9.88 Å². The number of amides is 1. The summed E-state index contributed by atoms with van der Waals surface area (Å²) in [5.74, 6) is 0.551. The minimum atomic E-state index is -0.0248. The Morgan fingerprint density at radius 2 is 1.86 bits per heavy atom. The maximum Gasteiger partial charge on any atom is 0.255 e. The van der Waals surface area contributed by atoms with Gasteiger partial charge in [0, 0.05) is 31.1 Å². The molecule has 0 spiro atoms. The highest BCUT2D eigenvalue weighted by Gasteiger charge is 2.19.